The minimum absolute atomic E-state index is 0.479. The Bertz CT molecular complexity index is 1030. The Morgan fingerprint density at radius 3 is 2.44 bits per heavy atom. The molecule has 3 nitrogen and oxygen atoms in total. The lowest BCUT2D eigenvalue weighted by atomic mass is 9.73. The number of pyridine rings is 1. The normalized spacial score (nSPS) is 21.5. The van der Waals surface area contributed by atoms with Gasteiger partial charge in [0.1, 0.15) is 5.82 Å². The molecule has 2 aromatic heterocycles. The van der Waals surface area contributed by atoms with Crippen LogP contribution in [0.1, 0.15) is 55.8 Å². The number of rotatable bonds is 3. The van der Waals surface area contributed by atoms with E-state index in [0.29, 0.717) is 17.8 Å². The first-order valence-corrected chi connectivity index (χ1v) is 10.1. The van der Waals surface area contributed by atoms with Crippen molar-refractivity contribution in [2.75, 3.05) is 0 Å². The maximum Gasteiger partial charge on any atom is 0.110 e. The van der Waals surface area contributed by atoms with E-state index in [0.717, 1.165) is 22.4 Å². The summed E-state index contributed by atoms with van der Waals surface area (Å²) in [4.78, 5) is 12.9. The molecule has 5 rings (SSSR count). The number of aromatic amines is 1. The summed E-state index contributed by atoms with van der Waals surface area (Å²) in [5, 5.41) is 1.33. The molecule has 27 heavy (non-hydrogen) atoms. The van der Waals surface area contributed by atoms with Crippen LogP contribution in [-0.2, 0) is 0 Å². The number of nitrogens with zero attached hydrogens (tertiary/aromatic N) is 2. The minimum atomic E-state index is 0.479. The highest BCUT2D eigenvalue weighted by Crippen LogP contribution is 2.42. The first-order chi connectivity index (χ1) is 13.3. The minimum Gasteiger partial charge on any atom is -0.342 e. The molecule has 1 saturated carbocycles. The Hall–Kier alpha value is -2.68. The zero-order valence-corrected chi connectivity index (χ0v) is 15.7. The fourth-order valence-electron chi connectivity index (χ4n) is 4.82. The molecule has 0 amide bonds. The summed E-state index contributed by atoms with van der Waals surface area (Å²) in [6, 6.07) is 19.1. The van der Waals surface area contributed by atoms with Crippen LogP contribution < -0.4 is 0 Å². The third-order valence-electron chi connectivity index (χ3n) is 6.44. The summed E-state index contributed by atoms with van der Waals surface area (Å²) in [7, 11) is 0. The predicted molar refractivity (Wildman–Crippen MR) is 111 cm³/mol. The molecule has 0 spiro atoms. The number of benzene rings is 2. The van der Waals surface area contributed by atoms with Gasteiger partial charge in [0.25, 0.3) is 0 Å². The van der Waals surface area contributed by atoms with E-state index in [1.54, 1.807) is 0 Å². The average Bonchev–Trinajstić information content (AvgIpc) is 3.17. The van der Waals surface area contributed by atoms with Crippen LogP contribution in [0.4, 0.5) is 0 Å². The van der Waals surface area contributed by atoms with E-state index in [1.165, 1.54) is 36.6 Å². The van der Waals surface area contributed by atoms with Gasteiger partial charge in [-0.05, 0) is 67.3 Å². The molecule has 3 heteroatoms. The monoisotopic (exact) mass is 355 g/mol. The molecule has 0 bridgehead atoms. The first-order valence-electron chi connectivity index (χ1n) is 10.1. The Morgan fingerprint density at radius 2 is 1.63 bits per heavy atom. The van der Waals surface area contributed by atoms with Crippen molar-refractivity contribution in [3.05, 3.63) is 72.2 Å². The number of fused-ring (bicyclic) bond motifs is 2. The van der Waals surface area contributed by atoms with Crippen molar-refractivity contribution in [3.8, 4) is 0 Å². The molecule has 2 aromatic carbocycles. The highest BCUT2D eigenvalue weighted by atomic mass is 14.9. The summed E-state index contributed by atoms with van der Waals surface area (Å²) in [6.07, 6.45) is 7.01. The first kappa shape index (κ1) is 16.5. The second-order valence-electron chi connectivity index (χ2n) is 7.96. The van der Waals surface area contributed by atoms with Gasteiger partial charge in [0.15, 0.2) is 0 Å². The number of nitrogens with one attached hydrogen (secondary N) is 1. The van der Waals surface area contributed by atoms with E-state index >= 15 is 0 Å². The summed E-state index contributed by atoms with van der Waals surface area (Å²) in [6.45, 7) is 2.34. The van der Waals surface area contributed by atoms with Gasteiger partial charge in [0, 0.05) is 17.5 Å². The van der Waals surface area contributed by atoms with Gasteiger partial charge < -0.3 is 4.98 Å². The van der Waals surface area contributed by atoms with Crippen molar-refractivity contribution >= 4 is 21.9 Å². The smallest absolute Gasteiger partial charge is 0.110 e. The summed E-state index contributed by atoms with van der Waals surface area (Å²) in [5.41, 5.74) is 4.83. The number of hydrogen-bond acceptors (Lipinski definition) is 2. The molecular formula is C24H25N3. The zero-order chi connectivity index (χ0) is 18.2. The lowest BCUT2D eigenvalue weighted by Crippen LogP contribution is -2.19. The van der Waals surface area contributed by atoms with Crippen LogP contribution >= 0.6 is 0 Å². The van der Waals surface area contributed by atoms with Crippen LogP contribution in [0, 0.1) is 5.92 Å². The highest BCUT2D eigenvalue weighted by molar-refractivity contribution is 5.82. The zero-order valence-electron chi connectivity index (χ0n) is 15.7. The molecule has 4 aromatic rings. The molecule has 1 atom stereocenters. The number of aromatic nitrogens is 3. The lowest BCUT2D eigenvalue weighted by Gasteiger charge is -2.32. The Morgan fingerprint density at radius 1 is 0.889 bits per heavy atom. The van der Waals surface area contributed by atoms with Gasteiger partial charge in [-0.2, -0.15) is 0 Å². The SMILES string of the molecule is CC(c1nc2ccccc2[nH]1)C1CCC(c2ccnc3ccccc23)CC1. The van der Waals surface area contributed by atoms with Gasteiger partial charge in [-0.1, -0.05) is 37.3 Å². The van der Waals surface area contributed by atoms with Crippen molar-refractivity contribution in [1.82, 2.24) is 15.0 Å². The van der Waals surface area contributed by atoms with Crippen LogP contribution in [0.25, 0.3) is 21.9 Å². The third-order valence-corrected chi connectivity index (χ3v) is 6.44. The highest BCUT2D eigenvalue weighted by Gasteiger charge is 2.29. The van der Waals surface area contributed by atoms with Crippen molar-refractivity contribution in [3.63, 3.8) is 0 Å². The standard InChI is InChI=1S/C24H25N3/c1-16(24-26-22-8-4-5-9-23(22)27-24)17-10-12-18(13-11-17)19-14-15-25-21-7-3-2-6-20(19)21/h2-9,14-18H,10-13H2,1H3,(H,26,27). The molecule has 1 N–H and O–H groups in total. The molecular weight excluding hydrogens is 330 g/mol. The van der Waals surface area contributed by atoms with Crippen molar-refractivity contribution in [1.29, 1.82) is 0 Å². The number of hydrogen-bond donors (Lipinski definition) is 1. The Kier molecular flexibility index (Phi) is 4.16. The Labute approximate surface area is 159 Å². The van der Waals surface area contributed by atoms with Crippen molar-refractivity contribution < 1.29 is 0 Å². The van der Waals surface area contributed by atoms with Crippen LogP contribution in [0.2, 0.25) is 0 Å². The third kappa shape index (κ3) is 3.01. The van der Waals surface area contributed by atoms with E-state index in [9.17, 15) is 0 Å². The van der Waals surface area contributed by atoms with Gasteiger partial charge in [-0.25, -0.2) is 4.98 Å². The molecule has 0 aliphatic heterocycles. The number of H-pyrrole nitrogens is 1. The average molecular weight is 355 g/mol. The summed E-state index contributed by atoms with van der Waals surface area (Å²) in [5.74, 6) is 2.98. The van der Waals surface area contributed by atoms with E-state index in [4.69, 9.17) is 4.98 Å². The lowest BCUT2D eigenvalue weighted by molar-refractivity contribution is 0.286. The molecule has 1 fully saturated rings. The molecule has 0 saturated heterocycles. The van der Waals surface area contributed by atoms with Crippen LogP contribution in [0.15, 0.2) is 60.8 Å². The van der Waals surface area contributed by atoms with E-state index in [2.05, 4.69) is 71.5 Å². The summed E-state index contributed by atoms with van der Waals surface area (Å²) < 4.78 is 0. The fourth-order valence-corrected chi connectivity index (χ4v) is 4.82. The van der Waals surface area contributed by atoms with Gasteiger partial charge in [0.2, 0.25) is 0 Å². The quantitative estimate of drug-likeness (QED) is 0.476. The topological polar surface area (TPSA) is 41.6 Å². The van der Waals surface area contributed by atoms with Crippen LogP contribution in [0.3, 0.4) is 0 Å². The number of para-hydroxylation sites is 3. The molecule has 1 unspecified atom stereocenters. The molecule has 0 radical (unpaired) electrons. The van der Waals surface area contributed by atoms with Gasteiger partial charge >= 0.3 is 0 Å². The van der Waals surface area contributed by atoms with Gasteiger partial charge in [-0.3, -0.25) is 4.98 Å². The van der Waals surface area contributed by atoms with Crippen molar-refractivity contribution in [2.45, 2.75) is 44.4 Å². The van der Waals surface area contributed by atoms with Crippen LogP contribution in [0.5, 0.6) is 0 Å². The number of imidazole rings is 1. The fraction of sp³-hybridized carbons (Fsp3) is 0.333. The molecule has 1 aliphatic rings. The summed E-state index contributed by atoms with van der Waals surface area (Å²) >= 11 is 0. The van der Waals surface area contributed by atoms with E-state index in [-0.39, 0.29) is 0 Å². The Balaban J connectivity index is 1.33. The molecule has 2 heterocycles. The van der Waals surface area contributed by atoms with Gasteiger partial charge in [0.05, 0.1) is 16.6 Å². The second kappa shape index (κ2) is 6.80. The van der Waals surface area contributed by atoms with Crippen molar-refractivity contribution in [2.24, 2.45) is 5.92 Å². The maximum atomic E-state index is 4.84. The van der Waals surface area contributed by atoms with E-state index < -0.39 is 0 Å². The van der Waals surface area contributed by atoms with Gasteiger partial charge in [-0.15, -0.1) is 0 Å². The molecule has 1 aliphatic carbocycles. The maximum absolute atomic E-state index is 4.84. The molecule has 136 valence electrons. The van der Waals surface area contributed by atoms with E-state index in [1.807, 2.05) is 6.20 Å². The largest absolute Gasteiger partial charge is 0.342 e. The van der Waals surface area contributed by atoms with Crippen LogP contribution in [-0.4, -0.2) is 15.0 Å². The predicted octanol–water partition coefficient (Wildman–Crippen LogP) is 6.19. The second-order valence-corrected chi connectivity index (χ2v) is 7.96.